The van der Waals surface area contributed by atoms with Crippen molar-refractivity contribution >= 4 is 10.0 Å². The fraction of sp³-hybridized carbons (Fsp3) is 0.458. The molecule has 0 aliphatic carbocycles. The van der Waals surface area contributed by atoms with Crippen LogP contribution in [0.25, 0.3) is 11.1 Å². The first-order chi connectivity index (χ1) is 15.0. The summed E-state index contributed by atoms with van der Waals surface area (Å²) in [5.74, 6) is 0.222. The highest BCUT2D eigenvalue weighted by Gasteiger charge is 2.49. The van der Waals surface area contributed by atoms with Crippen LogP contribution in [0.4, 0.5) is 0 Å². The molecule has 0 spiro atoms. The van der Waals surface area contributed by atoms with Gasteiger partial charge in [0.15, 0.2) is 0 Å². The molecule has 0 bridgehead atoms. The van der Waals surface area contributed by atoms with E-state index in [1.165, 1.54) is 0 Å². The molecule has 4 rings (SSSR count). The Bertz CT molecular complexity index is 1040. The van der Waals surface area contributed by atoms with Gasteiger partial charge in [0.1, 0.15) is 0 Å². The zero-order valence-corrected chi connectivity index (χ0v) is 18.6. The zero-order chi connectivity index (χ0) is 22.0. The van der Waals surface area contributed by atoms with Crippen molar-refractivity contribution in [3.63, 3.8) is 0 Å². The molecule has 2 aliphatic rings. The van der Waals surface area contributed by atoms with E-state index in [1.807, 2.05) is 24.3 Å². The summed E-state index contributed by atoms with van der Waals surface area (Å²) in [6.45, 7) is 3.72. The number of hydrogen-bond donors (Lipinski definition) is 1. The monoisotopic (exact) mass is 439 g/mol. The lowest BCUT2D eigenvalue weighted by molar-refractivity contribution is -0.0553. The lowest BCUT2D eigenvalue weighted by atomic mass is 9.74. The van der Waals surface area contributed by atoms with Crippen molar-refractivity contribution in [2.75, 3.05) is 32.0 Å². The van der Waals surface area contributed by atoms with Gasteiger partial charge >= 0.3 is 0 Å². The van der Waals surface area contributed by atoms with Gasteiger partial charge in [0.05, 0.1) is 24.0 Å². The van der Waals surface area contributed by atoms with E-state index < -0.39 is 10.0 Å². The molecule has 2 heterocycles. The average molecular weight is 440 g/mol. The largest absolute Gasteiger partial charge is 0.395 e. The molecule has 1 N–H and O–H groups in total. The van der Waals surface area contributed by atoms with Crippen molar-refractivity contribution in [1.82, 2.24) is 9.21 Å². The molecule has 2 fully saturated rings. The predicted octanol–water partition coefficient (Wildman–Crippen LogP) is 2.80. The number of aliphatic hydroxyl groups is 1. The smallest absolute Gasteiger partial charge is 0.213 e. The van der Waals surface area contributed by atoms with Crippen LogP contribution < -0.4 is 0 Å². The van der Waals surface area contributed by atoms with Gasteiger partial charge in [-0.25, -0.2) is 12.7 Å². The number of benzene rings is 2. The van der Waals surface area contributed by atoms with Crippen LogP contribution in [-0.4, -0.2) is 66.8 Å². The second-order valence-corrected chi connectivity index (χ2v) is 10.6. The minimum atomic E-state index is -3.24. The lowest BCUT2D eigenvalue weighted by Crippen LogP contribution is -2.67. The summed E-state index contributed by atoms with van der Waals surface area (Å²) < 4.78 is 26.8. The average Bonchev–Trinajstić information content (AvgIpc) is 2.78. The van der Waals surface area contributed by atoms with Crippen LogP contribution >= 0.6 is 0 Å². The molecular formula is C24H29N3O3S. The van der Waals surface area contributed by atoms with E-state index in [2.05, 4.69) is 35.2 Å². The Labute approximate surface area is 184 Å². The predicted molar refractivity (Wildman–Crippen MR) is 121 cm³/mol. The molecule has 0 aromatic heterocycles. The number of hydrogen-bond acceptors (Lipinski definition) is 5. The van der Waals surface area contributed by atoms with E-state index in [0.717, 1.165) is 36.1 Å². The first-order valence-electron chi connectivity index (χ1n) is 10.9. The van der Waals surface area contributed by atoms with Gasteiger partial charge in [-0.1, -0.05) is 36.4 Å². The number of fused-ring (bicyclic) bond motifs is 1. The Balaban J connectivity index is 1.58. The minimum absolute atomic E-state index is 0.0232. The lowest BCUT2D eigenvalue weighted by Gasteiger charge is -2.57. The molecule has 2 saturated heterocycles. The summed E-state index contributed by atoms with van der Waals surface area (Å²) in [5, 5.41) is 19.1. The van der Waals surface area contributed by atoms with Crippen LogP contribution in [0.1, 0.15) is 36.8 Å². The Hall–Kier alpha value is -2.24. The molecule has 0 amide bonds. The maximum Gasteiger partial charge on any atom is 0.213 e. The number of nitrogens with zero attached hydrogens (tertiary/aromatic N) is 3. The van der Waals surface area contributed by atoms with Crippen LogP contribution in [0, 0.1) is 11.3 Å². The van der Waals surface area contributed by atoms with Crippen molar-refractivity contribution in [3.8, 4) is 17.2 Å². The Morgan fingerprint density at radius 2 is 1.65 bits per heavy atom. The molecule has 7 heteroatoms. The summed E-state index contributed by atoms with van der Waals surface area (Å²) in [6.07, 6.45) is 1.79. The Kier molecular flexibility index (Phi) is 6.44. The number of nitriles is 1. The van der Waals surface area contributed by atoms with Crippen LogP contribution in [0.5, 0.6) is 0 Å². The highest BCUT2D eigenvalue weighted by Crippen LogP contribution is 2.42. The Morgan fingerprint density at radius 3 is 2.23 bits per heavy atom. The molecular weight excluding hydrogens is 410 g/mol. The molecule has 2 aliphatic heterocycles. The topological polar surface area (TPSA) is 84.6 Å². The van der Waals surface area contributed by atoms with Gasteiger partial charge in [-0.2, -0.15) is 5.26 Å². The van der Waals surface area contributed by atoms with Gasteiger partial charge in [0, 0.05) is 31.1 Å². The summed E-state index contributed by atoms with van der Waals surface area (Å²) in [5.41, 5.74) is 3.88. The van der Waals surface area contributed by atoms with Crippen LogP contribution in [0.3, 0.4) is 0 Å². The minimum Gasteiger partial charge on any atom is -0.395 e. The first kappa shape index (κ1) is 22.0. The van der Waals surface area contributed by atoms with Crippen LogP contribution in [0.2, 0.25) is 0 Å². The highest BCUT2D eigenvalue weighted by molar-refractivity contribution is 7.89. The summed E-state index contributed by atoms with van der Waals surface area (Å²) in [6, 6.07) is 18.1. The van der Waals surface area contributed by atoms with Crippen molar-refractivity contribution in [2.45, 2.75) is 37.8 Å². The van der Waals surface area contributed by atoms with Crippen LogP contribution in [-0.2, 0) is 10.0 Å². The van der Waals surface area contributed by atoms with Gasteiger partial charge in [-0.3, -0.25) is 4.90 Å². The molecule has 0 radical (unpaired) electrons. The fourth-order valence-electron chi connectivity index (χ4n) is 4.98. The third-order valence-corrected chi connectivity index (χ3v) is 8.58. The quantitative estimate of drug-likeness (QED) is 0.774. The number of aliphatic hydroxyl groups excluding tert-OH is 1. The van der Waals surface area contributed by atoms with E-state index in [0.29, 0.717) is 18.7 Å². The fourth-order valence-corrected chi connectivity index (χ4v) is 6.13. The number of sulfonamides is 1. The summed E-state index contributed by atoms with van der Waals surface area (Å²) in [7, 11) is -3.24. The SMILES string of the molecule is CCS(=O)(=O)N1CCCCN2[C@H](C1)[C@H](c1ccc(-c3ccc(C#N)cc3)cc1)[C@@H]2CO. The van der Waals surface area contributed by atoms with Gasteiger partial charge in [0.2, 0.25) is 10.0 Å². The molecule has 2 aromatic rings. The van der Waals surface area contributed by atoms with Gasteiger partial charge in [0.25, 0.3) is 0 Å². The molecule has 164 valence electrons. The zero-order valence-electron chi connectivity index (χ0n) is 17.8. The third kappa shape index (κ3) is 4.26. The van der Waals surface area contributed by atoms with E-state index in [4.69, 9.17) is 5.26 Å². The molecule has 31 heavy (non-hydrogen) atoms. The molecule has 2 aromatic carbocycles. The summed E-state index contributed by atoms with van der Waals surface area (Å²) in [4.78, 5) is 2.29. The number of rotatable bonds is 5. The third-order valence-electron chi connectivity index (χ3n) is 6.73. The second-order valence-electron chi connectivity index (χ2n) is 8.36. The highest BCUT2D eigenvalue weighted by atomic mass is 32.2. The van der Waals surface area contributed by atoms with Gasteiger partial charge in [-0.05, 0) is 55.1 Å². The van der Waals surface area contributed by atoms with Gasteiger partial charge in [-0.15, -0.1) is 0 Å². The maximum absolute atomic E-state index is 12.6. The molecule has 0 unspecified atom stereocenters. The van der Waals surface area contributed by atoms with Crippen molar-refractivity contribution in [3.05, 3.63) is 59.7 Å². The van der Waals surface area contributed by atoms with E-state index >= 15 is 0 Å². The first-order valence-corrected chi connectivity index (χ1v) is 12.5. The second kappa shape index (κ2) is 9.09. The van der Waals surface area contributed by atoms with Crippen LogP contribution in [0.15, 0.2) is 48.5 Å². The molecule has 6 nitrogen and oxygen atoms in total. The molecule has 0 saturated carbocycles. The molecule has 3 atom stereocenters. The van der Waals surface area contributed by atoms with E-state index in [1.54, 1.807) is 11.2 Å². The van der Waals surface area contributed by atoms with Crippen molar-refractivity contribution in [1.29, 1.82) is 5.26 Å². The standard InChI is InChI=1S/C24H29N3O3S/c1-2-31(29,30)26-13-3-4-14-27-22(16-26)24(23(27)17-28)21-11-9-20(10-12-21)19-7-5-18(15-25)6-8-19/h5-12,22-24,28H,2-4,13-14,16-17H2,1H3/t22-,23+,24+/m1/s1. The normalized spacial score (nSPS) is 25.0. The van der Waals surface area contributed by atoms with Crippen molar-refractivity contribution in [2.24, 2.45) is 0 Å². The van der Waals surface area contributed by atoms with E-state index in [9.17, 15) is 13.5 Å². The summed E-state index contributed by atoms with van der Waals surface area (Å²) >= 11 is 0. The Morgan fingerprint density at radius 1 is 1.03 bits per heavy atom. The van der Waals surface area contributed by atoms with Gasteiger partial charge < -0.3 is 5.11 Å². The maximum atomic E-state index is 12.6. The van der Waals surface area contributed by atoms with E-state index in [-0.39, 0.29) is 30.4 Å². The van der Waals surface area contributed by atoms with Crippen molar-refractivity contribution < 1.29 is 13.5 Å².